The number of carbonyl (C=O) groups excluding carboxylic acids is 2. The SMILES string of the molecule is CC(C)(C)OC(=O)NC1c2cc(C(=O)CNCc3ccccc3)ccc2OC(C)(C)C1O. The van der Waals surface area contributed by atoms with Gasteiger partial charge in [-0.2, -0.15) is 0 Å². The van der Waals surface area contributed by atoms with Crippen LogP contribution in [0.5, 0.6) is 5.75 Å². The Kier molecular flexibility index (Phi) is 6.91. The molecule has 7 heteroatoms. The monoisotopic (exact) mass is 440 g/mol. The van der Waals surface area contributed by atoms with Gasteiger partial charge in [-0.3, -0.25) is 4.79 Å². The van der Waals surface area contributed by atoms with E-state index >= 15 is 0 Å². The Morgan fingerprint density at radius 2 is 1.81 bits per heavy atom. The minimum atomic E-state index is -1.04. The number of fused-ring (bicyclic) bond motifs is 1. The third-order valence-electron chi connectivity index (χ3n) is 5.20. The molecule has 2 aromatic carbocycles. The largest absolute Gasteiger partial charge is 0.485 e. The van der Waals surface area contributed by atoms with Crippen LogP contribution in [0.25, 0.3) is 0 Å². The maximum atomic E-state index is 12.8. The molecule has 0 fully saturated rings. The Hall–Kier alpha value is -2.90. The summed E-state index contributed by atoms with van der Waals surface area (Å²) in [6.45, 7) is 9.54. The highest BCUT2D eigenvalue weighted by molar-refractivity contribution is 5.98. The van der Waals surface area contributed by atoms with Gasteiger partial charge in [0.05, 0.1) is 12.6 Å². The number of ketones is 1. The Labute approximate surface area is 189 Å². The van der Waals surface area contributed by atoms with Crippen LogP contribution in [0.15, 0.2) is 48.5 Å². The van der Waals surface area contributed by atoms with Gasteiger partial charge in [0.2, 0.25) is 0 Å². The predicted octanol–water partition coefficient (Wildman–Crippen LogP) is 3.76. The lowest BCUT2D eigenvalue weighted by molar-refractivity contribution is -0.0653. The van der Waals surface area contributed by atoms with Crippen LogP contribution in [-0.2, 0) is 11.3 Å². The second-order valence-corrected chi connectivity index (χ2v) is 9.54. The van der Waals surface area contributed by atoms with E-state index in [0.29, 0.717) is 23.4 Å². The van der Waals surface area contributed by atoms with Gasteiger partial charge in [-0.15, -0.1) is 0 Å². The number of aliphatic hydroxyl groups excluding tert-OH is 1. The molecular weight excluding hydrogens is 408 g/mol. The molecule has 0 radical (unpaired) electrons. The third-order valence-corrected chi connectivity index (χ3v) is 5.20. The average molecular weight is 441 g/mol. The fourth-order valence-corrected chi connectivity index (χ4v) is 3.58. The lowest BCUT2D eigenvalue weighted by atomic mass is 9.85. The smallest absolute Gasteiger partial charge is 0.408 e. The van der Waals surface area contributed by atoms with Gasteiger partial charge in [-0.1, -0.05) is 30.3 Å². The molecule has 32 heavy (non-hydrogen) atoms. The van der Waals surface area contributed by atoms with Crippen LogP contribution in [-0.4, -0.2) is 40.8 Å². The molecule has 2 unspecified atom stereocenters. The first-order valence-corrected chi connectivity index (χ1v) is 10.7. The van der Waals surface area contributed by atoms with Crippen LogP contribution >= 0.6 is 0 Å². The topological polar surface area (TPSA) is 96.9 Å². The molecule has 0 bridgehead atoms. The van der Waals surface area contributed by atoms with Gasteiger partial charge in [0.25, 0.3) is 0 Å². The van der Waals surface area contributed by atoms with Gasteiger partial charge >= 0.3 is 6.09 Å². The minimum Gasteiger partial charge on any atom is -0.485 e. The first-order chi connectivity index (χ1) is 15.0. The highest BCUT2D eigenvalue weighted by Gasteiger charge is 2.44. The quantitative estimate of drug-likeness (QED) is 0.592. The van der Waals surface area contributed by atoms with Crippen molar-refractivity contribution in [1.82, 2.24) is 10.6 Å². The van der Waals surface area contributed by atoms with E-state index in [0.717, 1.165) is 5.56 Å². The first kappa shape index (κ1) is 23.8. The summed E-state index contributed by atoms with van der Waals surface area (Å²) < 4.78 is 11.3. The van der Waals surface area contributed by atoms with Gasteiger partial charge in [0, 0.05) is 17.7 Å². The summed E-state index contributed by atoms with van der Waals surface area (Å²) in [7, 11) is 0. The molecule has 2 atom stereocenters. The molecule has 0 spiro atoms. The van der Waals surface area contributed by atoms with E-state index in [1.54, 1.807) is 52.8 Å². The number of hydrogen-bond donors (Lipinski definition) is 3. The molecule has 172 valence electrons. The summed E-state index contributed by atoms with van der Waals surface area (Å²) >= 11 is 0. The number of carbonyl (C=O) groups is 2. The van der Waals surface area contributed by atoms with Gasteiger partial charge in [0.15, 0.2) is 5.78 Å². The van der Waals surface area contributed by atoms with Gasteiger partial charge < -0.3 is 25.2 Å². The van der Waals surface area contributed by atoms with Crippen LogP contribution < -0.4 is 15.4 Å². The van der Waals surface area contributed by atoms with Gasteiger partial charge in [-0.05, 0) is 58.4 Å². The minimum absolute atomic E-state index is 0.0981. The van der Waals surface area contributed by atoms with Gasteiger partial charge in [-0.25, -0.2) is 4.79 Å². The molecule has 3 N–H and O–H groups in total. The number of amides is 1. The van der Waals surface area contributed by atoms with Crippen molar-refractivity contribution in [1.29, 1.82) is 0 Å². The fraction of sp³-hybridized carbons (Fsp3) is 0.440. The normalized spacial score (nSPS) is 19.4. The maximum absolute atomic E-state index is 12.8. The molecule has 0 saturated heterocycles. The zero-order valence-electron chi connectivity index (χ0n) is 19.3. The van der Waals surface area contributed by atoms with Crippen LogP contribution in [0.1, 0.15) is 62.1 Å². The summed E-state index contributed by atoms with van der Waals surface area (Å²) in [5, 5.41) is 16.8. The van der Waals surface area contributed by atoms with Crippen molar-refractivity contribution in [2.24, 2.45) is 0 Å². The van der Waals surface area contributed by atoms with Crippen molar-refractivity contribution in [2.75, 3.05) is 6.54 Å². The zero-order valence-corrected chi connectivity index (χ0v) is 19.3. The standard InChI is InChI=1S/C25H32N2O5/c1-24(2,3)32-23(30)27-21-18-13-17(11-12-20(18)31-25(4,5)22(21)29)19(28)15-26-14-16-9-7-6-8-10-16/h6-13,21-22,26,29H,14-15H2,1-5H3,(H,27,30). The second-order valence-electron chi connectivity index (χ2n) is 9.54. The van der Waals surface area contributed by atoms with E-state index in [4.69, 9.17) is 9.47 Å². The maximum Gasteiger partial charge on any atom is 0.408 e. The molecule has 3 rings (SSSR count). The fourth-order valence-electron chi connectivity index (χ4n) is 3.58. The van der Waals surface area contributed by atoms with E-state index in [1.165, 1.54) is 0 Å². The molecule has 7 nitrogen and oxygen atoms in total. The number of rotatable bonds is 6. The average Bonchev–Trinajstić information content (AvgIpc) is 2.70. The highest BCUT2D eigenvalue weighted by Crippen LogP contribution is 2.40. The summed E-state index contributed by atoms with van der Waals surface area (Å²) in [5.41, 5.74) is 0.481. The second kappa shape index (κ2) is 9.30. The molecule has 1 amide bonds. The van der Waals surface area contributed by atoms with Crippen molar-refractivity contribution in [2.45, 2.75) is 64.5 Å². The molecule has 1 aliphatic heterocycles. The molecule has 1 aliphatic rings. The number of hydrogen-bond acceptors (Lipinski definition) is 6. The summed E-state index contributed by atoms with van der Waals surface area (Å²) in [6.07, 6.45) is -1.68. The highest BCUT2D eigenvalue weighted by atomic mass is 16.6. The number of ether oxygens (including phenoxy) is 2. The lowest BCUT2D eigenvalue weighted by Gasteiger charge is -2.42. The molecule has 0 saturated carbocycles. The van der Waals surface area contributed by atoms with Crippen molar-refractivity contribution in [3.8, 4) is 5.75 Å². The predicted molar refractivity (Wildman–Crippen MR) is 122 cm³/mol. The van der Waals surface area contributed by atoms with Crippen LogP contribution in [0.2, 0.25) is 0 Å². The van der Waals surface area contributed by atoms with Crippen LogP contribution in [0, 0.1) is 0 Å². The summed E-state index contributed by atoms with van der Waals surface area (Å²) in [6, 6.07) is 14.1. The molecular formula is C25H32N2O5. The Balaban J connectivity index is 1.77. The molecule has 1 heterocycles. The first-order valence-electron chi connectivity index (χ1n) is 10.7. The molecule has 0 aromatic heterocycles. The third kappa shape index (κ3) is 5.87. The number of alkyl carbamates (subject to hydrolysis) is 1. The Bertz CT molecular complexity index is 966. The van der Waals surface area contributed by atoms with Crippen molar-refractivity contribution < 1.29 is 24.2 Å². The number of Topliss-reactive ketones (excluding diaryl/α,β-unsaturated/α-hetero) is 1. The van der Waals surface area contributed by atoms with Gasteiger partial charge in [0.1, 0.15) is 23.1 Å². The molecule has 0 aliphatic carbocycles. The molecule has 2 aromatic rings. The number of aliphatic hydroxyl groups is 1. The Morgan fingerprint density at radius 3 is 2.47 bits per heavy atom. The van der Waals surface area contributed by atoms with Crippen LogP contribution in [0.3, 0.4) is 0 Å². The Morgan fingerprint density at radius 1 is 1.12 bits per heavy atom. The van der Waals surface area contributed by atoms with Crippen molar-refractivity contribution >= 4 is 11.9 Å². The van der Waals surface area contributed by atoms with E-state index in [-0.39, 0.29) is 12.3 Å². The van der Waals surface area contributed by atoms with Crippen molar-refractivity contribution in [3.05, 3.63) is 65.2 Å². The van der Waals surface area contributed by atoms with E-state index in [2.05, 4.69) is 10.6 Å². The number of benzene rings is 2. The lowest BCUT2D eigenvalue weighted by Crippen LogP contribution is -2.54. The van der Waals surface area contributed by atoms with Crippen LogP contribution in [0.4, 0.5) is 4.79 Å². The summed E-state index contributed by atoms with van der Waals surface area (Å²) in [5.74, 6) is 0.411. The van der Waals surface area contributed by atoms with E-state index in [9.17, 15) is 14.7 Å². The number of nitrogens with one attached hydrogen (secondary N) is 2. The summed E-state index contributed by atoms with van der Waals surface area (Å²) in [4.78, 5) is 25.2. The zero-order chi connectivity index (χ0) is 23.5. The van der Waals surface area contributed by atoms with E-state index in [1.807, 2.05) is 30.3 Å². The van der Waals surface area contributed by atoms with E-state index < -0.39 is 29.4 Å². The van der Waals surface area contributed by atoms with Crippen molar-refractivity contribution in [3.63, 3.8) is 0 Å².